The Morgan fingerprint density at radius 3 is 2.00 bits per heavy atom. The van der Waals surface area contributed by atoms with Crippen molar-refractivity contribution < 1.29 is 28.5 Å². The van der Waals surface area contributed by atoms with Crippen LogP contribution in [0.2, 0.25) is 0 Å². The molecule has 0 bridgehead atoms. The van der Waals surface area contributed by atoms with Gasteiger partial charge in [-0.05, 0) is 6.42 Å². The number of hydrogen-bond donors (Lipinski definition) is 0. The van der Waals surface area contributed by atoms with Crippen molar-refractivity contribution in [2.24, 2.45) is 0 Å². The number of carbonyl (C=O) groups excluding carboxylic acids is 1. The van der Waals surface area contributed by atoms with Gasteiger partial charge in [-0.15, -0.1) is 0 Å². The lowest BCUT2D eigenvalue weighted by molar-refractivity contribution is 0.00104. The van der Waals surface area contributed by atoms with E-state index in [0.717, 1.165) is 12.8 Å². The van der Waals surface area contributed by atoms with E-state index in [1.54, 1.807) is 7.11 Å². The third-order valence-corrected chi connectivity index (χ3v) is 1.97. The zero-order valence-electron chi connectivity index (χ0n) is 11.3. The first kappa shape index (κ1) is 17.2. The molecule has 0 saturated heterocycles. The van der Waals surface area contributed by atoms with Crippen LogP contribution in [0, 0.1) is 0 Å². The van der Waals surface area contributed by atoms with E-state index in [1.165, 1.54) is 0 Å². The minimum Gasteiger partial charge on any atom is -0.434 e. The molecule has 18 heavy (non-hydrogen) atoms. The lowest BCUT2D eigenvalue weighted by atomic mass is 10.4. The van der Waals surface area contributed by atoms with Gasteiger partial charge in [-0.1, -0.05) is 13.3 Å². The summed E-state index contributed by atoms with van der Waals surface area (Å²) in [7, 11) is 1.62. The maximum Gasteiger partial charge on any atom is 0.508 e. The molecule has 108 valence electrons. The molecular weight excluding hydrogens is 240 g/mol. The van der Waals surface area contributed by atoms with Gasteiger partial charge in [0.2, 0.25) is 0 Å². The molecule has 0 unspecified atom stereocenters. The van der Waals surface area contributed by atoms with Gasteiger partial charge in [0, 0.05) is 7.11 Å². The number of unbranched alkanes of at least 4 members (excludes halogenated alkanes) is 1. The summed E-state index contributed by atoms with van der Waals surface area (Å²) in [5.41, 5.74) is 0. The Morgan fingerprint density at radius 2 is 1.39 bits per heavy atom. The second kappa shape index (κ2) is 14.2. The first-order valence-corrected chi connectivity index (χ1v) is 6.25. The quantitative estimate of drug-likeness (QED) is 0.394. The molecule has 0 aromatic heterocycles. The molecule has 0 rings (SSSR count). The molecule has 0 aliphatic heterocycles. The molecule has 6 nitrogen and oxygen atoms in total. The number of carbonyl (C=O) groups is 1. The minimum absolute atomic E-state index is 0.197. The third kappa shape index (κ3) is 13.2. The first-order valence-electron chi connectivity index (χ1n) is 6.25. The number of rotatable bonds is 12. The lowest BCUT2D eigenvalue weighted by Gasteiger charge is -2.07. The van der Waals surface area contributed by atoms with Crippen molar-refractivity contribution in [3.05, 3.63) is 0 Å². The Labute approximate surface area is 108 Å². The van der Waals surface area contributed by atoms with Gasteiger partial charge in [0.1, 0.15) is 6.61 Å². The summed E-state index contributed by atoms with van der Waals surface area (Å²) in [5.74, 6) is 0. The average Bonchev–Trinajstić information content (AvgIpc) is 2.37. The van der Waals surface area contributed by atoms with Gasteiger partial charge in [0.15, 0.2) is 0 Å². The third-order valence-electron chi connectivity index (χ3n) is 1.97. The van der Waals surface area contributed by atoms with Crippen molar-refractivity contribution in [2.45, 2.75) is 19.8 Å². The summed E-state index contributed by atoms with van der Waals surface area (Å²) in [6, 6.07) is 0. The summed E-state index contributed by atoms with van der Waals surface area (Å²) in [5, 5.41) is 0. The molecule has 0 saturated carbocycles. The van der Waals surface area contributed by atoms with Crippen LogP contribution in [0.5, 0.6) is 0 Å². The van der Waals surface area contributed by atoms with Crippen LogP contribution in [0.4, 0.5) is 4.79 Å². The van der Waals surface area contributed by atoms with E-state index in [9.17, 15) is 4.79 Å². The van der Waals surface area contributed by atoms with Gasteiger partial charge in [-0.3, -0.25) is 0 Å². The Balaban J connectivity index is 3.08. The van der Waals surface area contributed by atoms with E-state index in [4.69, 9.17) is 23.7 Å². The zero-order valence-corrected chi connectivity index (χ0v) is 11.3. The van der Waals surface area contributed by atoms with Crippen LogP contribution in [0.25, 0.3) is 0 Å². The van der Waals surface area contributed by atoms with Crippen LogP contribution >= 0.6 is 0 Å². The van der Waals surface area contributed by atoms with Crippen molar-refractivity contribution in [3.63, 3.8) is 0 Å². The molecule has 0 amide bonds. The Morgan fingerprint density at radius 1 is 0.833 bits per heavy atom. The van der Waals surface area contributed by atoms with Crippen LogP contribution in [-0.4, -0.2) is 59.5 Å². The largest absolute Gasteiger partial charge is 0.508 e. The van der Waals surface area contributed by atoms with E-state index in [0.29, 0.717) is 39.6 Å². The molecule has 0 heterocycles. The molecule has 0 radical (unpaired) electrons. The standard InChI is InChI=1S/C12H24O6/c1-3-4-5-17-12(13)18-11-10-16-9-8-15-7-6-14-2/h3-11H2,1-2H3. The Bertz CT molecular complexity index is 185. The van der Waals surface area contributed by atoms with Gasteiger partial charge in [0.25, 0.3) is 0 Å². The van der Waals surface area contributed by atoms with Crippen molar-refractivity contribution in [3.8, 4) is 0 Å². The highest BCUT2D eigenvalue weighted by Crippen LogP contribution is 1.91. The maximum atomic E-state index is 11.0. The second-order valence-electron chi connectivity index (χ2n) is 3.52. The average molecular weight is 264 g/mol. The van der Waals surface area contributed by atoms with E-state index in [2.05, 4.69) is 0 Å². The fraction of sp³-hybridized carbons (Fsp3) is 0.917. The molecule has 0 aromatic rings. The smallest absolute Gasteiger partial charge is 0.434 e. The molecule has 0 aliphatic rings. The van der Waals surface area contributed by atoms with Gasteiger partial charge < -0.3 is 23.7 Å². The van der Waals surface area contributed by atoms with E-state index in [-0.39, 0.29) is 6.61 Å². The highest BCUT2D eigenvalue weighted by atomic mass is 16.7. The first-order chi connectivity index (χ1) is 8.81. The van der Waals surface area contributed by atoms with Gasteiger partial charge in [-0.25, -0.2) is 4.79 Å². The number of ether oxygens (including phenoxy) is 5. The Hall–Kier alpha value is -0.850. The summed E-state index contributed by atoms with van der Waals surface area (Å²) < 4.78 is 24.8. The van der Waals surface area contributed by atoms with Crippen LogP contribution < -0.4 is 0 Å². The minimum atomic E-state index is -0.636. The molecule has 0 aliphatic carbocycles. The molecule has 0 spiro atoms. The summed E-state index contributed by atoms with van der Waals surface area (Å²) in [4.78, 5) is 11.0. The SMILES string of the molecule is CCCCOC(=O)OCCOCCOCCOC. The second-order valence-corrected chi connectivity index (χ2v) is 3.52. The van der Waals surface area contributed by atoms with E-state index >= 15 is 0 Å². The molecule has 0 aromatic carbocycles. The topological polar surface area (TPSA) is 63.2 Å². The lowest BCUT2D eigenvalue weighted by Crippen LogP contribution is -2.14. The molecule has 6 heteroatoms. The van der Waals surface area contributed by atoms with Crippen molar-refractivity contribution in [1.82, 2.24) is 0 Å². The zero-order chi connectivity index (χ0) is 13.5. The van der Waals surface area contributed by atoms with Crippen molar-refractivity contribution >= 4 is 6.16 Å². The molecular formula is C12H24O6. The molecule has 0 atom stereocenters. The van der Waals surface area contributed by atoms with Crippen LogP contribution in [0.15, 0.2) is 0 Å². The normalized spacial score (nSPS) is 10.3. The number of methoxy groups -OCH3 is 1. The van der Waals surface area contributed by atoms with Gasteiger partial charge in [0.05, 0.1) is 39.6 Å². The van der Waals surface area contributed by atoms with Crippen molar-refractivity contribution in [1.29, 1.82) is 0 Å². The monoisotopic (exact) mass is 264 g/mol. The maximum absolute atomic E-state index is 11.0. The predicted octanol–water partition coefficient (Wildman–Crippen LogP) is 1.62. The van der Waals surface area contributed by atoms with Crippen LogP contribution in [0.3, 0.4) is 0 Å². The van der Waals surface area contributed by atoms with Crippen LogP contribution in [-0.2, 0) is 23.7 Å². The summed E-state index contributed by atoms with van der Waals surface area (Å²) in [6.07, 6.45) is 1.20. The molecule has 0 fully saturated rings. The predicted molar refractivity (Wildman–Crippen MR) is 65.7 cm³/mol. The van der Waals surface area contributed by atoms with E-state index in [1.807, 2.05) is 6.92 Å². The van der Waals surface area contributed by atoms with Gasteiger partial charge >= 0.3 is 6.16 Å². The van der Waals surface area contributed by atoms with Gasteiger partial charge in [-0.2, -0.15) is 0 Å². The van der Waals surface area contributed by atoms with Crippen molar-refractivity contribution in [2.75, 3.05) is 53.4 Å². The van der Waals surface area contributed by atoms with Crippen LogP contribution in [0.1, 0.15) is 19.8 Å². The summed E-state index contributed by atoms with van der Waals surface area (Å²) in [6.45, 7) is 5.08. The molecule has 0 N–H and O–H groups in total. The number of hydrogen-bond acceptors (Lipinski definition) is 6. The fourth-order valence-corrected chi connectivity index (χ4v) is 0.990. The Kier molecular flexibility index (Phi) is 13.5. The highest BCUT2D eigenvalue weighted by Gasteiger charge is 2.02. The van der Waals surface area contributed by atoms with E-state index < -0.39 is 6.16 Å². The summed E-state index contributed by atoms with van der Waals surface area (Å²) >= 11 is 0. The fourth-order valence-electron chi connectivity index (χ4n) is 0.990. The highest BCUT2D eigenvalue weighted by molar-refractivity contribution is 5.59.